The molecule has 5 fully saturated rings. The summed E-state index contributed by atoms with van der Waals surface area (Å²) in [5, 5.41) is 7.84. The summed E-state index contributed by atoms with van der Waals surface area (Å²) < 4.78 is 14.4. The lowest BCUT2D eigenvalue weighted by Crippen LogP contribution is -2.67. The highest BCUT2D eigenvalue weighted by Gasteiger charge is 2.71. The zero-order valence-corrected chi connectivity index (χ0v) is 30.6. The van der Waals surface area contributed by atoms with E-state index in [1.807, 2.05) is 0 Å². The second kappa shape index (κ2) is 12.3. The quantitative estimate of drug-likeness (QED) is 0.174. The van der Waals surface area contributed by atoms with Crippen LogP contribution in [0.25, 0.3) is 0 Å². The van der Waals surface area contributed by atoms with Gasteiger partial charge in [-0.15, -0.1) is 5.10 Å². The summed E-state index contributed by atoms with van der Waals surface area (Å²) >= 11 is 0. The van der Waals surface area contributed by atoms with Crippen LogP contribution in [0.15, 0.2) is 49.6 Å². The highest BCUT2D eigenvalue weighted by molar-refractivity contribution is 5.95. The van der Waals surface area contributed by atoms with Gasteiger partial charge in [0.2, 0.25) is 0 Å². The van der Waals surface area contributed by atoms with Crippen molar-refractivity contribution in [1.82, 2.24) is 29.5 Å². The molecule has 0 aromatic carbocycles. The lowest BCUT2D eigenvalue weighted by atomic mass is 9.32. The Bertz CT molecular complexity index is 1670. The van der Waals surface area contributed by atoms with Crippen LogP contribution in [-0.4, -0.2) is 60.2 Å². The zero-order chi connectivity index (χ0) is 35.7. The Labute approximate surface area is 295 Å². The average molecular weight is 687 g/mol. The fourth-order valence-electron chi connectivity index (χ4n) is 13.0. The van der Waals surface area contributed by atoms with E-state index >= 15 is 0 Å². The number of hydrogen-bond acceptors (Lipinski definition) is 9. The summed E-state index contributed by atoms with van der Waals surface area (Å²) in [4.78, 5) is 45.9. The molecule has 0 saturated heterocycles. The third-order valence-electron chi connectivity index (χ3n) is 15.5. The third-order valence-corrected chi connectivity index (χ3v) is 15.5. The molecule has 11 nitrogen and oxygen atoms in total. The van der Waals surface area contributed by atoms with Crippen molar-refractivity contribution in [1.29, 1.82) is 0 Å². The Kier molecular flexibility index (Phi) is 8.53. The molecule has 0 spiro atoms. The normalized spacial score (nSPS) is 40.2. The Morgan fingerprint density at radius 2 is 1.54 bits per heavy atom. The van der Waals surface area contributed by atoms with Crippen molar-refractivity contribution < 1.29 is 23.9 Å². The smallest absolute Gasteiger partial charge is 0.436 e. The maximum Gasteiger partial charge on any atom is 0.436 e. The summed E-state index contributed by atoms with van der Waals surface area (Å²) in [6.45, 7) is 19.5. The Morgan fingerprint density at radius 3 is 2.22 bits per heavy atom. The molecule has 2 aromatic heterocycles. The fourth-order valence-corrected chi connectivity index (χ4v) is 13.0. The maximum atomic E-state index is 12.9. The number of carbonyl (C=O) groups is 3. The maximum absolute atomic E-state index is 12.9. The van der Waals surface area contributed by atoms with Gasteiger partial charge in [-0.25, -0.2) is 19.6 Å². The molecule has 10 atom stereocenters. The van der Waals surface area contributed by atoms with Crippen LogP contribution in [0.3, 0.4) is 0 Å². The first-order chi connectivity index (χ1) is 23.7. The monoisotopic (exact) mass is 686 g/mol. The summed E-state index contributed by atoms with van der Waals surface area (Å²) in [5.41, 5.74) is 1.44. The van der Waals surface area contributed by atoms with Gasteiger partial charge in [0.1, 0.15) is 31.4 Å². The van der Waals surface area contributed by atoms with Crippen LogP contribution in [0.5, 0.6) is 0 Å². The van der Waals surface area contributed by atoms with Gasteiger partial charge in [0.15, 0.2) is 0 Å². The van der Waals surface area contributed by atoms with Crippen LogP contribution in [0, 0.1) is 56.7 Å². The van der Waals surface area contributed by atoms with Crippen molar-refractivity contribution >= 4 is 18.0 Å². The van der Waals surface area contributed by atoms with E-state index in [9.17, 15) is 14.4 Å². The van der Waals surface area contributed by atoms with E-state index in [1.165, 1.54) is 60.6 Å². The number of allylic oxidation sites excluding steroid dienone is 2. The minimum Gasteiger partial charge on any atom is -0.462 e. The summed E-state index contributed by atoms with van der Waals surface area (Å²) in [7, 11) is 0. The van der Waals surface area contributed by atoms with Crippen LogP contribution >= 0.6 is 0 Å². The Morgan fingerprint density at radius 1 is 0.820 bits per heavy atom. The molecule has 5 aliphatic rings. The van der Waals surface area contributed by atoms with Gasteiger partial charge < -0.3 is 9.47 Å². The van der Waals surface area contributed by atoms with Gasteiger partial charge in [0.05, 0.1) is 6.61 Å². The number of nitrogens with zero attached hydrogens (tertiary/aromatic N) is 6. The first kappa shape index (κ1) is 34.8. The van der Waals surface area contributed by atoms with Crippen LogP contribution in [0.1, 0.15) is 111 Å². The van der Waals surface area contributed by atoms with E-state index in [1.54, 1.807) is 0 Å². The van der Waals surface area contributed by atoms with Crippen molar-refractivity contribution in [2.75, 3.05) is 6.61 Å². The third kappa shape index (κ3) is 5.23. The largest absolute Gasteiger partial charge is 0.462 e. The summed E-state index contributed by atoms with van der Waals surface area (Å²) in [6, 6.07) is 0. The number of carbonyl (C=O) groups excluding carboxylic acids is 3. The van der Waals surface area contributed by atoms with E-state index < -0.39 is 18.0 Å². The van der Waals surface area contributed by atoms with Crippen molar-refractivity contribution in [3.63, 3.8) is 0 Å². The minimum atomic E-state index is -0.495. The molecule has 0 amide bonds. The van der Waals surface area contributed by atoms with E-state index in [0.717, 1.165) is 56.0 Å². The molecule has 3 unspecified atom stereocenters. The van der Waals surface area contributed by atoms with E-state index in [4.69, 9.17) is 9.47 Å². The first-order valence-electron chi connectivity index (χ1n) is 18.6. The molecule has 11 heteroatoms. The highest BCUT2D eigenvalue weighted by Crippen LogP contribution is 2.77. The van der Waals surface area contributed by atoms with Gasteiger partial charge in [-0.3, -0.25) is 4.79 Å². The molecular formula is C39H54N6O5. The van der Waals surface area contributed by atoms with E-state index in [0.29, 0.717) is 36.2 Å². The van der Waals surface area contributed by atoms with Gasteiger partial charge in [0.25, 0.3) is 5.91 Å². The Balaban J connectivity index is 1.11. The van der Waals surface area contributed by atoms with Crippen LogP contribution < -0.4 is 0 Å². The number of rotatable bonds is 6. The molecule has 270 valence electrons. The molecule has 5 saturated carbocycles. The minimum absolute atomic E-state index is 0.0917. The summed E-state index contributed by atoms with van der Waals surface area (Å²) in [5.74, 6) is 1.40. The predicted octanol–water partition coefficient (Wildman–Crippen LogP) is 7.32. The van der Waals surface area contributed by atoms with Gasteiger partial charge >= 0.3 is 12.1 Å². The zero-order valence-electron chi connectivity index (χ0n) is 30.6. The number of fused-ring (bicyclic) bond motifs is 7. The van der Waals surface area contributed by atoms with Crippen LogP contribution in [-0.2, 0) is 14.3 Å². The molecular weight excluding hydrogens is 632 g/mol. The second-order valence-corrected chi connectivity index (χ2v) is 17.7. The second-order valence-electron chi connectivity index (χ2n) is 17.7. The first-order valence-corrected chi connectivity index (χ1v) is 18.6. The van der Waals surface area contributed by atoms with Gasteiger partial charge in [-0.05, 0) is 117 Å². The predicted molar refractivity (Wildman–Crippen MR) is 185 cm³/mol. The number of hydrogen-bond donors (Lipinski definition) is 0. The molecule has 0 N–H and O–H groups in total. The average Bonchev–Trinajstić information content (AvgIpc) is 3.86. The number of aromatic nitrogens is 6. The Hall–Kier alpha value is -3.63. The molecule has 7 rings (SSSR count). The molecule has 2 aromatic rings. The lowest BCUT2D eigenvalue weighted by Gasteiger charge is -2.73. The molecule has 2 heterocycles. The molecule has 0 bridgehead atoms. The van der Waals surface area contributed by atoms with E-state index in [-0.39, 0.29) is 33.2 Å². The molecule has 50 heavy (non-hydrogen) atoms. The molecule has 0 aliphatic heterocycles. The number of ether oxygens (including phenoxy) is 2. The lowest BCUT2D eigenvalue weighted by molar-refractivity contribution is -0.249. The standard InChI is InChI=1S/C39H54N6O5/c1-25(2)26-12-17-39(20-49-32(47)11-10-31(46)44-23-40-21-42-44)19-18-37(6)27(33(26)39)8-9-29-36(5)15-14-30(50-34(48)45-24-41-22-43-45)35(3,4)28(36)13-16-38(29,37)7/h10-11,21-24,26-30,33H,1,8-9,12-20H2,2-7H3/b11-10+/t26-,27+,28?,29?,30-,33?,36-,37+,38+,39+/m0/s1. The van der Waals surface area contributed by atoms with Gasteiger partial charge in [-0.2, -0.15) is 14.5 Å². The topological polar surface area (TPSA) is 131 Å². The molecule has 0 radical (unpaired) electrons. The van der Waals surface area contributed by atoms with Gasteiger partial charge in [0, 0.05) is 23.0 Å². The van der Waals surface area contributed by atoms with Crippen LogP contribution in [0.4, 0.5) is 4.79 Å². The van der Waals surface area contributed by atoms with Crippen molar-refractivity contribution in [3.05, 3.63) is 49.6 Å². The summed E-state index contributed by atoms with van der Waals surface area (Å²) in [6.07, 6.45) is 17.9. The highest BCUT2D eigenvalue weighted by atomic mass is 16.6. The van der Waals surface area contributed by atoms with Crippen molar-refractivity contribution in [3.8, 4) is 0 Å². The van der Waals surface area contributed by atoms with Gasteiger partial charge in [-0.1, -0.05) is 46.8 Å². The van der Waals surface area contributed by atoms with Crippen molar-refractivity contribution in [2.45, 2.75) is 112 Å². The SMILES string of the molecule is C=C(C)[C@@H]1CC[C@]2(COC(=O)/C=C/C(=O)n3cncn3)CC[C@]3(C)[C@H](CCC4[C@@]5(C)CC[C@H](OC(=O)n6cncn6)C(C)(C)C5CC[C@]43C)C12. The van der Waals surface area contributed by atoms with Crippen LogP contribution in [0.2, 0.25) is 0 Å². The molecule has 5 aliphatic carbocycles. The van der Waals surface area contributed by atoms with E-state index in [2.05, 4.69) is 68.3 Å². The number of esters is 1. The fraction of sp³-hybridized carbons (Fsp3) is 0.718. The van der Waals surface area contributed by atoms with Crippen molar-refractivity contribution in [2.24, 2.45) is 56.7 Å².